The molecule has 5 heteroatoms. The number of hydrogen-bond acceptors (Lipinski definition) is 4. The van der Waals surface area contributed by atoms with Crippen LogP contribution in [0, 0.1) is 0 Å². The molecule has 1 fully saturated rings. The van der Waals surface area contributed by atoms with Gasteiger partial charge in [-0.2, -0.15) is 5.10 Å². The maximum Gasteiger partial charge on any atom is 0.0953 e. The lowest BCUT2D eigenvalue weighted by atomic mass is 10.2. The number of hydrogen-bond donors (Lipinski definition) is 1. The van der Waals surface area contributed by atoms with E-state index < -0.39 is 6.10 Å². The Balaban J connectivity index is 1.66. The summed E-state index contributed by atoms with van der Waals surface area (Å²) in [6.45, 7) is 0. The fourth-order valence-electron chi connectivity index (χ4n) is 2.55. The van der Waals surface area contributed by atoms with Crippen LogP contribution in [0.2, 0.25) is 0 Å². The summed E-state index contributed by atoms with van der Waals surface area (Å²) in [5.41, 5.74) is 2.71. The van der Waals surface area contributed by atoms with E-state index in [4.69, 9.17) is 0 Å². The van der Waals surface area contributed by atoms with Crippen molar-refractivity contribution in [3.8, 4) is 0 Å². The van der Waals surface area contributed by atoms with E-state index in [2.05, 4.69) is 14.8 Å². The Morgan fingerprint density at radius 1 is 1.44 bits per heavy atom. The van der Waals surface area contributed by atoms with Crippen LogP contribution in [0.1, 0.15) is 48.4 Å². The smallest absolute Gasteiger partial charge is 0.0953 e. The van der Waals surface area contributed by atoms with Gasteiger partial charge in [0.2, 0.25) is 0 Å². The lowest BCUT2D eigenvalue weighted by Crippen LogP contribution is -2.07. The second-order valence-electron chi connectivity index (χ2n) is 4.85. The number of aliphatic hydroxyl groups is 1. The summed E-state index contributed by atoms with van der Waals surface area (Å²) < 4.78 is 2.07. The molecule has 0 aromatic carbocycles. The second-order valence-corrected chi connectivity index (χ2v) is 5.77. The van der Waals surface area contributed by atoms with Crippen LogP contribution < -0.4 is 0 Å². The third kappa shape index (κ3) is 2.47. The summed E-state index contributed by atoms with van der Waals surface area (Å²) in [6, 6.07) is 2.59. The van der Waals surface area contributed by atoms with Gasteiger partial charge in [-0.25, -0.2) is 0 Å². The summed E-state index contributed by atoms with van der Waals surface area (Å²) in [5.74, 6) is 0. The first-order valence-corrected chi connectivity index (χ1v) is 7.31. The maximum atomic E-state index is 10.1. The van der Waals surface area contributed by atoms with Gasteiger partial charge in [-0.1, -0.05) is 12.8 Å². The van der Waals surface area contributed by atoms with E-state index in [-0.39, 0.29) is 0 Å². The van der Waals surface area contributed by atoms with Crippen LogP contribution in [0.3, 0.4) is 0 Å². The van der Waals surface area contributed by atoms with Gasteiger partial charge in [0.05, 0.1) is 28.2 Å². The third-order valence-electron chi connectivity index (χ3n) is 3.54. The Labute approximate surface area is 110 Å². The zero-order valence-electron chi connectivity index (χ0n) is 10.2. The van der Waals surface area contributed by atoms with Crippen LogP contribution in [-0.4, -0.2) is 19.9 Å². The minimum Gasteiger partial charge on any atom is -0.387 e. The van der Waals surface area contributed by atoms with Crippen molar-refractivity contribution in [3.63, 3.8) is 0 Å². The van der Waals surface area contributed by atoms with E-state index in [0.717, 1.165) is 10.6 Å². The molecule has 0 bridgehead atoms. The summed E-state index contributed by atoms with van der Waals surface area (Å²) in [5, 5.41) is 14.6. The average Bonchev–Trinajstić information content (AvgIpc) is 3.12. The lowest BCUT2D eigenvalue weighted by molar-refractivity contribution is 0.180. The van der Waals surface area contributed by atoms with Crippen LogP contribution in [0.25, 0.3) is 0 Å². The van der Waals surface area contributed by atoms with Crippen LogP contribution in [0.5, 0.6) is 0 Å². The van der Waals surface area contributed by atoms with Crippen molar-refractivity contribution in [2.24, 2.45) is 0 Å². The molecule has 2 aromatic heterocycles. The molecule has 2 aromatic rings. The molecule has 1 aliphatic rings. The number of aliphatic hydroxyl groups excluding tert-OH is 1. The van der Waals surface area contributed by atoms with Gasteiger partial charge in [0.1, 0.15) is 0 Å². The quantitative estimate of drug-likeness (QED) is 0.922. The van der Waals surface area contributed by atoms with Crippen molar-refractivity contribution < 1.29 is 5.11 Å². The van der Waals surface area contributed by atoms with Gasteiger partial charge >= 0.3 is 0 Å². The number of aromatic nitrogens is 3. The van der Waals surface area contributed by atoms with Gasteiger partial charge in [0, 0.05) is 18.8 Å². The van der Waals surface area contributed by atoms with Gasteiger partial charge < -0.3 is 5.11 Å². The van der Waals surface area contributed by atoms with Gasteiger partial charge in [-0.15, -0.1) is 11.3 Å². The minimum atomic E-state index is -0.482. The zero-order valence-corrected chi connectivity index (χ0v) is 11.0. The predicted octanol–water partition coefficient (Wildman–Crippen LogP) is 2.73. The molecule has 0 radical (unpaired) electrons. The molecule has 0 aliphatic heterocycles. The van der Waals surface area contributed by atoms with E-state index in [9.17, 15) is 5.11 Å². The first-order chi connectivity index (χ1) is 8.83. The van der Waals surface area contributed by atoms with Gasteiger partial charge in [0.15, 0.2) is 0 Å². The Kier molecular flexibility index (Phi) is 3.43. The third-order valence-corrected chi connectivity index (χ3v) is 4.42. The highest BCUT2D eigenvalue weighted by molar-refractivity contribution is 7.09. The number of rotatable bonds is 4. The first-order valence-electron chi connectivity index (χ1n) is 6.43. The molecule has 18 heavy (non-hydrogen) atoms. The molecule has 0 spiro atoms. The van der Waals surface area contributed by atoms with Crippen LogP contribution in [0.4, 0.5) is 0 Å². The van der Waals surface area contributed by atoms with Crippen LogP contribution >= 0.6 is 11.3 Å². The Morgan fingerprint density at radius 2 is 2.28 bits per heavy atom. The summed E-state index contributed by atoms with van der Waals surface area (Å²) in [4.78, 5) is 4.89. The highest BCUT2D eigenvalue weighted by Crippen LogP contribution is 2.29. The fourth-order valence-corrected chi connectivity index (χ4v) is 3.15. The molecule has 2 heterocycles. The Bertz CT molecular complexity index is 488. The van der Waals surface area contributed by atoms with Crippen molar-refractivity contribution in [1.82, 2.24) is 14.8 Å². The fraction of sp³-hybridized carbons (Fsp3) is 0.538. The highest BCUT2D eigenvalue weighted by atomic mass is 32.1. The molecule has 1 unspecified atom stereocenters. The van der Waals surface area contributed by atoms with E-state index in [1.165, 1.54) is 37.0 Å². The van der Waals surface area contributed by atoms with Crippen molar-refractivity contribution in [2.45, 2.75) is 44.2 Å². The normalized spacial score (nSPS) is 18.3. The molecule has 1 N–H and O–H groups in total. The van der Waals surface area contributed by atoms with E-state index in [0.29, 0.717) is 12.5 Å². The molecule has 0 saturated heterocycles. The Hall–Kier alpha value is -1.20. The zero-order chi connectivity index (χ0) is 12.4. The molecule has 4 nitrogen and oxygen atoms in total. The van der Waals surface area contributed by atoms with E-state index in [1.807, 2.05) is 12.3 Å². The van der Waals surface area contributed by atoms with Crippen molar-refractivity contribution in [2.75, 3.05) is 0 Å². The average molecular weight is 263 g/mol. The SMILES string of the molecule is OC(Cc1ccn(C2CCCC2)n1)c1cncs1. The molecular formula is C13H17N3OS. The molecule has 1 atom stereocenters. The van der Waals surface area contributed by atoms with Crippen molar-refractivity contribution in [3.05, 3.63) is 34.5 Å². The number of thiazole rings is 1. The molecule has 1 aliphatic carbocycles. The van der Waals surface area contributed by atoms with Crippen molar-refractivity contribution in [1.29, 1.82) is 0 Å². The summed E-state index contributed by atoms with van der Waals surface area (Å²) >= 11 is 1.49. The monoisotopic (exact) mass is 263 g/mol. The van der Waals surface area contributed by atoms with E-state index >= 15 is 0 Å². The molecule has 3 rings (SSSR count). The topological polar surface area (TPSA) is 50.9 Å². The molecule has 1 saturated carbocycles. The predicted molar refractivity (Wildman–Crippen MR) is 70.5 cm³/mol. The molecule has 96 valence electrons. The molecular weight excluding hydrogens is 246 g/mol. The van der Waals surface area contributed by atoms with Gasteiger partial charge in [0.25, 0.3) is 0 Å². The summed E-state index contributed by atoms with van der Waals surface area (Å²) in [7, 11) is 0. The van der Waals surface area contributed by atoms with Gasteiger partial charge in [-0.05, 0) is 18.9 Å². The first kappa shape index (κ1) is 11.9. The maximum absolute atomic E-state index is 10.1. The number of nitrogens with zero attached hydrogens (tertiary/aromatic N) is 3. The molecule has 0 amide bonds. The second kappa shape index (κ2) is 5.20. The lowest BCUT2D eigenvalue weighted by Gasteiger charge is -2.09. The largest absolute Gasteiger partial charge is 0.387 e. The minimum absolute atomic E-state index is 0.482. The van der Waals surface area contributed by atoms with Crippen molar-refractivity contribution >= 4 is 11.3 Å². The van der Waals surface area contributed by atoms with Gasteiger partial charge in [-0.3, -0.25) is 9.67 Å². The van der Waals surface area contributed by atoms with E-state index in [1.54, 1.807) is 11.7 Å². The standard InChI is InChI=1S/C13H17N3OS/c17-12(13-8-14-9-18-13)7-10-5-6-16(15-10)11-3-1-2-4-11/h5-6,8-9,11-12,17H,1-4,7H2. The summed E-state index contributed by atoms with van der Waals surface area (Å²) in [6.07, 6.45) is 8.95. The highest BCUT2D eigenvalue weighted by Gasteiger charge is 2.18. The Morgan fingerprint density at radius 3 is 3.00 bits per heavy atom. The van der Waals surface area contributed by atoms with Crippen LogP contribution in [-0.2, 0) is 6.42 Å². The van der Waals surface area contributed by atoms with Crippen LogP contribution in [0.15, 0.2) is 24.0 Å².